The third kappa shape index (κ3) is 4.14. The number of nitrogens with one attached hydrogen (secondary N) is 1. The monoisotopic (exact) mass is 368 g/mol. The predicted molar refractivity (Wildman–Crippen MR) is 104 cm³/mol. The summed E-state index contributed by atoms with van der Waals surface area (Å²) in [5.74, 6) is -0.160. The fraction of sp³-hybridized carbons (Fsp3) is 0.250. The molecule has 0 saturated heterocycles. The first-order chi connectivity index (χ1) is 12.4. The number of aromatic nitrogens is 1. The number of hydrogen-bond acceptors (Lipinski definition) is 5. The van der Waals surface area contributed by atoms with Crippen LogP contribution in [0.1, 0.15) is 31.1 Å². The molecule has 0 aliphatic heterocycles. The maximum absolute atomic E-state index is 12.6. The van der Waals surface area contributed by atoms with Gasteiger partial charge in [-0.15, -0.1) is 0 Å². The standard InChI is InChI=1S/C20H20N2O3S/c1-12(2)19(24)21-15-10-8-14(9-11-15)18(23)13(3)26-20-22-16-6-4-5-7-17(16)25-20/h4-13H,1-3H3,(H,21,24). The van der Waals surface area contributed by atoms with E-state index in [1.165, 1.54) is 11.8 Å². The molecule has 0 bridgehead atoms. The number of carbonyl (C=O) groups is 2. The van der Waals surface area contributed by atoms with Crippen molar-refractivity contribution in [1.29, 1.82) is 0 Å². The second kappa shape index (κ2) is 7.74. The highest BCUT2D eigenvalue weighted by molar-refractivity contribution is 8.00. The number of rotatable bonds is 6. The van der Waals surface area contributed by atoms with E-state index in [2.05, 4.69) is 10.3 Å². The Morgan fingerprint density at radius 2 is 1.73 bits per heavy atom. The topological polar surface area (TPSA) is 72.2 Å². The molecule has 0 spiro atoms. The molecule has 0 fully saturated rings. The molecule has 6 heteroatoms. The predicted octanol–water partition coefficient (Wildman–Crippen LogP) is 4.79. The maximum Gasteiger partial charge on any atom is 0.257 e. The molecule has 134 valence electrons. The molecule has 1 N–H and O–H groups in total. The lowest BCUT2D eigenvalue weighted by molar-refractivity contribution is -0.118. The summed E-state index contributed by atoms with van der Waals surface area (Å²) >= 11 is 1.29. The number of fused-ring (bicyclic) bond motifs is 1. The van der Waals surface area contributed by atoms with Crippen LogP contribution in [-0.2, 0) is 4.79 Å². The molecular formula is C20H20N2O3S. The van der Waals surface area contributed by atoms with E-state index in [1.54, 1.807) is 24.3 Å². The summed E-state index contributed by atoms with van der Waals surface area (Å²) in [6.45, 7) is 5.49. The van der Waals surface area contributed by atoms with E-state index in [0.717, 1.165) is 5.52 Å². The van der Waals surface area contributed by atoms with E-state index in [4.69, 9.17) is 4.42 Å². The van der Waals surface area contributed by atoms with Crippen LogP contribution in [0.2, 0.25) is 0 Å². The number of Topliss-reactive ketones (excluding diaryl/α,β-unsaturated/α-hetero) is 1. The van der Waals surface area contributed by atoms with Crippen LogP contribution in [0.15, 0.2) is 58.2 Å². The van der Waals surface area contributed by atoms with E-state index < -0.39 is 0 Å². The Labute approximate surface area is 156 Å². The van der Waals surface area contributed by atoms with E-state index in [9.17, 15) is 9.59 Å². The molecular weight excluding hydrogens is 348 g/mol. The number of anilines is 1. The quantitative estimate of drug-likeness (QED) is 0.500. The second-order valence-electron chi connectivity index (χ2n) is 6.29. The van der Waals surface area contributed by atoms with Gasteiger partial charge in [0.25, 0.3) is 5.22 Å². The van der Waals surface area contributed by atoms with Crippen LogP contribution in [-0.4, -0.2) is 21.9 Å². The van der Waals surface area contributed by atoms with Crippen molar-refractivity contribution in [3.05, 3.63) is 54.1 Å². The van der Waals surface area contributed by atoms with Gasteiger partial charge in [-0.1, -0.05) is 37.7 Å². The number of ketones is 1. The number of nitrogens with zero attached hydrogens (tertiary/aromatic N) is 1. The lowest BCUT2D eigenvalue weighted by atomic mass is 10.1. The highest BCUT2D eigenvalue weighted by atomic mass is 32.2. The van der Waals surface area contributed by atoms with Crippen LogP contribution in [0.25, 0.3) is 11.1 Å². The Bertz CT molecular complexity index is 899. The van der Waals surface area contributed by atoms with Gasteiger partial charge in [-0.25, -0.2) is 4.98 Å². The zero-order valence-corrected chi connectivity index (χ0v) is 15.7. The average molecular weight is 368 g/mol. The van der Waals surface area contributed by atoms with Crippen LogP contribution in [0, 0.1) is 5.92 Å². The molecule has 0 aliphatic carbocycles. The number of hydrogen-bond donors (Lipinski definition) is 1. The van der Waals surface area contributed by atoms with Crippen LogP contribution < -0.4 is 5.32 Å². The van der Waals surface area contributed by atoms with E-state index in [0.29, 0.717) is 22.1 Å². The van der Waals surface area contributed by atoms with Crippen LogP contribution in [0.3, 0.4) is 0 Å². The largest absolute Gasteiger partial charge is 0.431 e. The van der Waals surface area contributed by atoms with Gasteiger partial charge in [-0.2, -0.15) is 0 Å². The molecule has 5 nitrogen and oxygen atoms in total. The molecule has 1 unspecified atom stereocenters. The molecule has 3 rings (SSSR count). The first-order valence-corrected chi connectivity index (χ1v) is 9.29. The van der Waals surface area contributed by atoms with Gasteiger partial charge in [0.1, 0.15) is 5.52 Å². The molecule has 1 amide bonds. The van der Waals surface area contributed by atoms with E-state index in [1.807, 2.05) is 45.0 Å². The number of benzene rings is 2. The zero-order valence-electron chi connectivity index (χ0n) is 14.9. The van der Waals surface area contributed by atoms with Crippen molar-refractivity contribution in [1.82, 2.24) is 4.98 Å². The molecule has 3 aromatic rings. The summed E-state index contributed by atoms with van der Waals surface area (Å²) < 4.78 is 5.66. The number of para-hydroxylation sites is 2. The Morgan fingerprint density at radius 1 is 1.04 bits per heavy atom. The minimum atomic E-state index is -0.334. The van der Waals surface area contributed by atoms with Crippen LogP contribution >= 0.6 is 11.8 Å². The summed E-state index contributed by atoms with van der Waals surface area (Å²) in [7, 11) is 0. The Morgan fingerprint density at radius 3 is 2.38 bits per heavy atom. The van der Waals surface area contributed by atoms with Gasteiger partial charge in [0.05, 0.1) is 5.25 Å². The van der Waals surface area contributed by atoms with Gasteiger partial charge in [0, 0.05) is 17.2 Å². The molecule has 2 aromatic carbocycles. The second-order valence-corrected chi connectivity index (χ2v) is 7.59. The lowest BCUT2D eigenvalue weighted by Crippen LogP contribution is -2.18. The van der Waals surface area contributed by atoms with Crippen molar-refractivity contribution >= 4 is 40.2 Å². The van der Waals surface area contributed by atoms with E-state index >= 15 is 0 Å². The summed E-state index contributed by atoms with van der Waals surface area (Å²) in [6, 6.07) is 14.4. The molecule has 0 saturated carbocycles. The van der Waals surface area contributed by atoms with Crippen molar-refractivity contribution in [3.63, 3.8) is 0 Å². The Balaban J connectivity index is 1.67. The third-order valence-electron chi connectivity index (χ3n) is 3.88. The zero-order chi connectivity index (χ0) is 18.7. The minimum absolute atomic E-state index is 0.0148. The number of thioether (sulfide) groups is 1. The highest BCUT2D eigenvalue weighted by Crippen LogP contribution is 2.28. The molecule has 1 heterocycles. The van der Waals surface area contributed by atoms with Gasteiger partial charge in [0.2, 0.25) is 5.91 Å². The number of carbonyl (C=O) groups excluding carboxylic acids is 2. The highest BCUT2D eigenvalue weighted by Gasteiger charge is 2.19. The van der Waals surface area contributed by atoms with Crippen molar-refractivity contribution in [3.8, 4) is 0 Å². The van der Waals surface area contributed by atoms with Gasteiger partial charge in [-0.3, -0.25) is 9.59 Å². The number of oxazole rings is 1. The van der Waals surface area contributed by atoms with Crippen LogP contribution in [0.4, 0.5) is 5.69 Å². The first kappa shape index (κ1) is 18.2. The summed E-state index contributed by atoms with van der Waals surface area (Å²) in [6.07, 6.45) is 0. The smallest absolute Gasteiger partial charge is 0.257 e. The third-order valence-corrected chi connectivity index (χ3v) is 4.83. The fourth-order valence-electron chi connectivity index (χ4n) is 2.35. The summed E-state index contributed by atoms with van der Waals surface area (Å²) in [5, 5.41) is 2.96. The summed E-state index contributed by atoms with van der Waals surface area (Å²) in [5.41, 5.74) is 2.75. The molecule has 1 aromatic heterocycles. The normalized spacial score (nSPS) is 12.3. The molecule has 1 atom stereocenters. The average Bonchev–Trinajstić information content (AvgIpc) is 3.03. The Hall–Kier alpha value is -2.60. The minimum Gasteiger partial charge on any atom is -0.431 e. The SMILES string of the molecule is CC(C)C(=O)Nc1ccc(C(=O)C(C)Sc2nc3ccccc3o2)cc1. The van der Waals surface area contributed by atoms with Gasteiger partial charge < -0.3 is 9.73 Å². The van der Waals surface area contributed by atoms with Gasteiger partial charge >= 0.3 is 0 Å². The Kier molecular flexibility index (Phi) is 5.42. The van der Waals surface area contributed by atoms with Crippen molar-refractivity contribution in [2.24, 2.45) is 5.92 Å². The molecule has 26 heavy (non-hydrogen) atoms. The number of amides is 1. The maximum atomic E-state index is 12.6. The van der Waals surface area contributed by atoms with E-state index in [-0.39, 0.29) is 22.9 Å². The van der Waals surface area contributed by atoms with Crippen LogP contribution in [0.5, 0.6) is 0 Å². The molecule has 0 radical (unpaired) electrons. The lowest BCUT2D eigenvalue weighted by Gasteiger charge is -2.10. The summed E-state index contributed by atoms with van der Waals surface area (Å²) in [4.78, 5) is 28.7. The van der Waals surface area contributed by atoms with Gasteiger partial charge in [0.15, 0.2) is 11.4 Å². The van der Waals surface area contributed by atoms with Gasteiger partial charge in [-0.05, 0) is 43.3 Å². The van der Waals surface area contributed by atoms with Crippen molar-refractivity contribution in [2.75, 3.05) is 5.32 Å². The van der Waals surface area contributed by atoms with Crippen molar-refractivity contribution < 1.29 is 14.0 Å². The fourth-order valence-corrected chi connectivity index (χ4v) is 3.18. The first-order valence-electron chi connectivity index (χ1n) is 8.41. The molecule has 0 aliphatic rings. The van der Waals surface area contributed by atoms with Crippen molar-refractivity contribution in [2.45, 2.75) is 31.2 Å².